The van der Waals surface area contributed by atoms with Gasteiger partial charge < -0.3 is 0 Å². The maximum Gasteiger partial charge on any atom is 0.181 e. The Bertz CT molecular complexity index is 339. The molecule has 1 rings (SSSR count). The van der Waals surface area contributed by atoms with E-state index in [4.69, 9.17) is 0 Å². The molecule has 1 aromatic rings. The molecule has 0 fully saturated rings. The van der Waals surface area contributed by atoms with Gasteiger partial charge in [-0.15, -0.1) is 0 Å². The molecule has 0 unspecified atom stereocenters. The van der Waals surface area contributed by atoms with Crippen molar-refractivity contribution in [2.75, 3.05) is 0 Å². The quantitative estimate of drug-likeness (QED) is 0.675. The lowest BCUT2D eigenvalue weighted by atomic mass is 9.95. The fourth-order valence-electron chi connectivity index (χ4n) is 1.06. The van der Waals surface area contributed by atoms with E-state index in [0.29, 0.717) is 12.1 Å². The first-order chi connectivity index (χ1) is 6.45. The first kappa shape index (κ1) is 10.8. The van der Waals surface area contributed by atoms with Crippen LogP contribution < -0.4 is 0 Å². The fourth-order valence-corrected chi connectivity index (χ4v) is 1.06. The summed E-state index contributed by atoms with van der Waals surface area (Å²) in [4.78, 5) is 19.8. The molecule has 0 aliphatic heterocycles. The van der Waals surface area contributed by atoms with E-state index in [2.05, 4.69) is 9.97 Å². The summed E-state index contributed by atoms with van der Waals surface area (Å²) >= 11 is 0. The van der Waals surface area contributed by atoms with Crippen LogP contribution in [0.5, 0.6) is 0 Å². The lowest BCUT2D eigenvalue weighted by molar-refractivity contribution is 0.0982. The molecule has 0 saturated heterocycles. The molecule has 0 amide bonds. The van der Waals surface area contributed by atoms with Crippen LogP contribution in [0.2, 0.25) is 0 Å². The second-order valence-corrected chi connectivity index (χ2v) is 4.29. The Hall–Kier alpha value is -1.25. The van der Waals surface area contributed by atoms with Gasteiger partial charge in [0.15, 0.2) is 5.78 Å². The SMILES string of the molecule is CCC(=O)c1ccnc(C(C)(C)C)n1. The minimum atomic E-state index is -0.107. The van der Waals surface area contributed by atoms with Crippen molar-refractivity contribution in [2.45, 2.75) is 39.5 Å². The Morgan fingerprint density at radius 1 is 1.43 bits per heavy atom. The van der Waals surface area contributed by atoms with Gasteiger partial charge in [-0.1, -0.05) is 27.7 Å². The van der Waals surface area contributed by atoms with E-state index in [9.17, 15) is 4.79 Å². The standard InChI is InChI=1S/C11H16N2O/c1-5-9(14)8-6-7-12-10(13-8)11(2,3)4/h6-7H,5H2,1-4H3. The number of nitrogens with zero attached hydrogens (tertiary/aromatic N) is 2. The highest BCUT2D eigenvalue weighted by atomic mass is 16.1. The first-order valence-electron chi connectivity index (χ1n) is 4.82. The highest BCUT2D eigenvalue weighted by Crippen LogP contribution is 2.17. The number of hydrogen-bond acceptors (Lipinski definition) is 3. The molecule has 0 aliphatic rings. The van der Waals surface area contributed by atoms with Gasteiger partial charge in [-0.25, -0.2) is 9.97 Å². The normalized spacial score (nSPS) is 11.4. The fraction of sp³-hybridized carbons (Fsp3) is 0.545. The van der Waals surface area contributed by atoms with E-state index in [0.717, 1.165) is 5.82 Å². The highest BCUT2D eigenvalue weighted by molar-refractivity contribution is 5.93. The van der Waals surface area contributed by atoms with Crippen LogP contribution in [0.4, 0.5) is 0 Å². The van der Waals surface area contributed by atoms with Crippen LogP contribution in [0.15, 0.2) is 12.3 Å². The molecule has 0 aromatic carbocycles. The van der Waals surface area contributed by atoms with Crippen molar-refractivity contribution in [3.63, 3.8) is 0 Å². The van der Waals surface area contributed by atoms with E-state index in [1.807, 2.05) is 27.7 Å². The van der Waals surface area contributed by atoms with Gasteiger partial charge in [0.05, 0.1) is 0 Å². The second-order valence-electron chi connectivity index (χ2n) is 4.29. The summed E-state index contributed by atoms with van der Waals surface area (Å²) in [6.07, 6.45) is 2.14. The van der Waals surface area contributed by atoms with Gasteiger partial charge in [-0.3, -0.25) is 4.79 Å². The Balaban J connectivity index is 3.08. The Labute approximate surface area is 84.6 Å². The largest absolute Gasteiger partial charge is 0.292 e. The number of rotatable bonds is 2. The Kier molecular flexibility index (Phi) is 2.99. The lowest BCUT2D eigenvalue weighted by Crippen LogP contribution is -2.17. The average Bonchev–Trinajstić information content (AvgIpc) is 2.15. The molecule has 0 atom stereocenters. The van der Waals surface area contributed by atoms with Crippen LogP contribution in [-0.2, 0) is 5.41 Å². The third kappa shape index (κ3) is 2.37. The van der Waals surface area contributed by atoms with Crippen LogP contribution in [0, 0.1) is 0 Å². The third-order valence-corrected chi connectivity index (χ3v) is 1.93. The number of ketones is 1. The summed E-state index contributed by atoms with van der Waals surface area (Å²) < 4.78 is 0. The zero-order chi connectivity index (χ0) is 10.8. The molecule has 76 valence electrons. The number of aromatic nitrogens is 2. The van der Waals surface area contributed by atoms with Crippen molar-refractivity contribution in [2.24, 2.45) is 0 Å². The summed E-state index contributed by atoms with van der Waals surface area (Å²) in [6, 6.07) is 1.67. The van der Waals surface area contributed by atoms with Gasteiger partial charge >= 0.3 is 0 Å². The smallest absolute Gasteiger partial charge is 0.181 e. The molecule has 1 heterocycles. The number of carbonyl (C=O) groups excluding carboxylic acids is 1. The van der Waals surface area contributed by atoms with Gasteiger partial charge in [0.2, 0.25) is 0 Å². The molecule has 0 bridgehead atoms. The van der Waals surface area contributed by atoms with Crippen LogP contribution in [0.1, 0.15) is 50.4 Å². The maximum atomic E-state index is 11.4. The monoisotopic (exact) mass is 192 g/mol. The molecule has 3 nitrogen and oxygen atoms in total. The highest BCUT2D eigenvalue weighted by Gasteiger charge is 2.18. The van der Waals surface area contributed by atoms with Crippen molar-refractivity contribution in [3.05, 3.63) is 23.8 Å². The number of hydrogen-bond donors (Lipinski definition) is 0. The number of Topliss-reactive ketones (excluding diaryl/α,β-unsaturated/α-hetero) is 1. The molecular weight excluding hydrogens is 176 g/mol. The minimum Gasteiger partial charge on any atom is -0.292 e. The van der Waals surface area contributed by atoms with E-state index < -0.39 is 0 Å². The number of carbonyl (C=O) groups is 1. The van der Waals surface area contributed by atoms with Crippen LogP contribution in [0.25, 0.3) is 0 Å². The van der Waals surface area contributed by atoms with Gasteiger partial charge in [-0.05, 0) is 6.07 Å². The average molecular weight is 192 g/mol. The zero-order valence-electron chi connectivity index (χ0n) is 9.16. The van der Waals surface area contributed by atoms with Crippen molar-refractivity contribution in [3.8, 4) is 0 Å². The predicted molar refractivity (Wildman–Crippen MR) is 55.4 cm³/mol. The van der Waals surface area contributed by atoms with Gasteiger partial charge in [-0.2, -0.15) is 0 Å². The van der Waals surface area contributed by atoms with Crippen molar-refractivity contribution >= 4 is 5.78 Å². The molecular formula is C11H16N2O. The summed E-state index contributed by atoms with van der Waals surface area (Å²) in [6.45, 7) is 7.93. The van der Waals surface area contributed by atoms with E-state index in [-0.39, 0.29) is 11.2 Å². The second kappa shape index (κ2) is 3.86. The summed E-state index contributed by atoms with van der Waals surface area (Å²) in [5.41, 5.74) is 0.414. The maximum absolute atomic E-state index is 11.4. The van der Waals surface area contributed by atoms with Crippen molar-refractivity contribution in [1.82, 2.24) is 9.97 Å². The van der Waals surface area contributed by atoms with E-state index >= 15 is 0 Å². The van der Waals surface area contributed by atoms with Crippen LogP contribution in [-0.4, -0.2) is 15.8 Å². The minimum absolute atomic E-state index is 0.0675. The van der Waals surface area contributed by atoms with Crippen molar-refractivity contribution in [1.29, 1.82) is 0 Å². The molecule has 0 aliphatic carbocycles. The first-order valence-corrected chi connectivity index (χ1v) is 4.82. The van der Waals surface area contributed by atoms with Gasteiger partial charge in [0.25, 0.3) is 0 Å². The molecule has 14 heavy (non-hydrogen) atoms. The molecule has 3 heteroatoms. The molecule has 0 spiro atoms. The molecule has 0 saturated carbocycles. The third-order valence-electron chi connectivity index (χ3n) is 1.93. The van der Waals surface area contributed by atoms with Crippen molar-refractivity contribution < 1.29 is 4.79 Å². The molecule has 0 radical (unpaired) electrons. The summed E-state index contributed by atoms with van der Waals surface area (Å²) in [7, 11) is 0. The molecule has 1 aromatic heterocycles. The van der Waals surface area contributed by atoms with E-state index in [1.54, 1.807) is 12.3 Å². The van der Waals surface area contributed by atoms with Gasteiger partial charge in [0.1, 0.15) is 11.5 Å². The van der Waals surface area contributed by atoms with Crippen LogP contribution >= 0.6 is 0 Å². The van der Waals surface area contributed by atoms with E-state index in [1.165, 1.54) is 0 Å². The lowest BCUT2D eigenvalue weighted by Gasteiger charge is -2.16. The summed E-state index contributed by atoms with van der Waals surface area (Å²) in [5, 5.41) is 0. The Morgan fingerprint density at radius 3 is 2.57 bits per heavy atom. The molecule has 0 N–H and O–H groups in total. The van der Waals surface area contributed by atoms with Crippen LogP contribution in [0.3, 0.4) is 0 Å². The summed E-state index contributed by atoms with van der Waals surface area (Å²) in [5.74, 6) is 0.787. The topological polar surface area (TPSA) is 42.9 Å². The zero-order valence-corrected chi connectivity index (χ0v) is 9.16. The van der Waals surface area contributed by atoms with Gasteiger partial charge in [0, 0.05) is 18.0 Å². The predicted octanol–water partition coefficient (Wildman–Crippen LogP) is 2.37. The Morgan fingerprint density at radius 2 is 2.07 bits per heavy atom.